The Kier molecular flexibility index (Phi) is 6.80. The van der Waals surface area contributed by atoms with Crippen LogP contribution >= 0.6 is 0 Å². The van der Waals surface area contributed by atoms with Crippen molar-refractivity contribution in [2.45, 2.75) is 52.1 Å². The molecule has 0 aromatic carbocycles. The lowest BCUT2D eigenvalue weighted by molar-refractivity contribution is -0.160. The summed E-state index contributed by atoms with van der Waals surface area (Å²) in [6.45, 7) is 5.82. The number of unbranched alkanes of at least 4 members (excludes halogenated alkanes) is 1. The minimum Gasteiger partial charge on any atom is -0.481 e. The summed E-state index contributed by atoms with van der Waals surface area (Å²) in [5, 5.41) is 8.98. The van der Waals surface area contributed by atoms with E-state index in [4.69, 9.17) is 15.6 Å². The van der Waals surface area contributed by atoms with Gasteiger partial charge in [0.1, 0.15) is 5.60 Å². The Bertz CT molecular complexity index is 258. The van der Waals surface area contributed by atoms with Gasteiger partial charge in [-0.25, -0.2) is 0 Å². The predicted octanol–water partition coefficient (Wildman–Crippen LogP) is 1.55. The highest BCUT2D eigenvalue weighted by Gasteiger charge is 2.24. The molecule has 0 bridgehead atoms. The second-order valence-electron chi connectivity index (χ2n) is 5.11. The zero-order valence-electron chi connectivity index (χ0n) is 10.9. The van der Waals surface area contributed by atoms with Gasteiger partial charge in [0.2, 0.25) is 0 Å². The van der Waals surface area contributed by atoms with Gasteiger partial charge in [-0.2, -0.15) is 0 Å². The van der Waals surface area contributed by atoms with Gasteiger partial charge in [-0.15, -0.1) is 0 Å². The number of carbonyl (C=O) groups excluding carboxylic acids is 1. The lowest BCUT2D eigenvalue weighted by atomic mass is 9.98. The summed E-state index contributed by atoms with van der Waals surface area (Å²) in [7, 11) is 0. The third-order valence-electron chi connectivity index (χ3n) is 2.19. The summed E-state index contributed by atoms with van der Waals surface area (Å²) in [6, 6.07) is 0. The highest BCUT2D eigenvalue weighted by molar-refractivity contribution is 5.78. The van der Waals surface area contributed by atoms with Gasteiger partial charge in [-0.3, -0.25) is 9.59 Å². The van der Waals surface area contributed by atoms with Crippen LogP contribution in [0, 0.1) is 5.92 Å². The molecule has 17 heavy (non-hydrogen) atoms. The fraction of sp³-hybridized carbons (Fsp3) is 0.833. The highest BCUT2D eigenvalue weighted by Crippen LogP contribution is 2.16. The van der Waals surface area contributed by atoms with E-state index >= 15 is 0 Å². The van der Waals surface area contributed by atoms with E-state index in [1.54, 1.807) is 20.8 Å². The Morgan fingerprint density at radius 1 is 1.29 bits per heavy atom. The predicted molar refractivity (Wildman–Crippen MR) is 64.5 cm³/mol. The van der Waals surface area contributed by atoms with E-state index < -0.39 is 23.5 Å². The SMILES string of the molecule is CC(C)(C)OC(=O)C[C@@H](CCCCN)C(=O)O. The molecule has 0 unspecified atom stereocenters. The van der Waals surface area contributed by atoms with Crippen LogP contribution in [0.5, 0.6) is 0 Å². The molecule has 0 aromatic rings. The zero-order chi connectivity index (χ0) is 13.5. The van der Waals surface area contributed by atoms with Crippen LogP contribution in [0.25, 0.3) is 0 Å². The van der Waals surface area contributed by atoms with Crippen LogP contribution in [0.3, 0.4) is 0 Å². The number of hydrogen-bond acceptors (Lipinski definition) is 4. The molecule has 0 saturated heterocycles. The van der Waals surface area contributed by atoms with Crippen LogP contribution in [0.1, 0.15) is 46.5 Å². The maximum Gasteiger partial charge on any atom is 0.307 e. The van der Waals surface area contributed by atoms with Gasteiger partial charge in [-0.05, 0) is 40.2 Å². The minimum atomic E-state index is -0.951. The number of carboxylic acid groups (broad SMARTS) is 1. The molecule has 0 fully saturated rings. The van der Waals surface area contributed by atoms with Crippen molar-refractivity contribution < 1.29 is 19.4 Å². The average Bonchev–Trinajstić information content (AvgIpc) is 2.13. The third kappa shape index (κ3) is 8.68. The molecular formula is C12H23NO4. The zero-order valence-corrected chi connectivity index (χ0v) is 10.9. The Hall–Kier alpha value is -1.10. The molecule has 0 amide bonds. The normalized spacial score (nSPS) is 13.2. The summed E-state index contributed by atoms with van der Waals surface area (Å²) in [5.74, 6) is -2.08. The number of ether oxygens (including phenoxy) is 1. The first-order valence-electron chi connectivity index (χ1n) is 5.91. The van der Waals surface area contributed by atoms with Crippen LogP contribution < -0.4 is 5.73 Å². The summed E-state index contributed by atoms with van der Waals surface area (Å²) in [4.78, 5) is 22.5. The average molecular weight is 245 g/mol. The number of esters is 1. The Labute approximate surface area is 102 Å². The molecule has 0 aliphatic rings. The first-order valence-corrected chi connectivity index (χ1v) is 5.91. The Morgan fingerprint density at radius 2 is 1.88 bits per heavy atom. The van der Waals surface area contributed by atoms with Crippen LogP contribution in [0.15, 0.2) is 0 Å². The molecule has 0 spiro atoms. The van der Waals surface area contributed by atoms with Crippen molar-refractivity contribution in [3.05, 3.63) is 0 Å². The monoisotopic (exact) mass is 245 g/mol. The first-order chi connectivity index (χ1) is 7.76. The lowest BCUT2D eigenvalue weighted by Crippen LogP contribution is -2.27. The second kappa shape index (κ2) is 7.27. The fourth-order valence-electron chi connectivity index (χ4n) is 1.43. The van der Waals surface area contributed by atoms with Crippen molar-refractivity contribution >= 4 is 11.9 Å². The topological polar surface area (TPSA) is 89.6 Å². The number of carbonyl (C=O) groups is 2. The Morgan fingerprint density at radius 3 is 2.29 bits per heavy atom. The largest absolute Gasteiger partial charge is 0.481 e. The number of nitrogens with two attached hydrogens (primary N) is 1. The molecule has 0 aliphatic heterocycles. The van der Waals surface area contributed by atoms with Crippen molar-refractivity contribution in [3.8, 4) is 0 Å². The van der Waals surface area contributed by atoms with Crippen LogP contribution in [-0.4, -0.2) is 29.2 Å². The quantitative estimate of drug-likeness (QED) is 0.524. The summed E-state index contributed by atoms with van der Waals surface area (Å²) < 4.78 is 5.10. The molecule has 0 radical (unpaired) electrons. The van der Waals surface area contributed by atoms with Gasteiger partial charge in [0.15, 0.2) is 0 Å². The van der Waals surface area contributed by atoms with E-state index in [1.807, 2.05) is 0 Å². The van der Waals surface area contributed by atoms with E-state index in [0.717, 1.165) is 12.8 Å². The molecule has 0 aromatic heterocycles. The maximum absolute atomic E-state index is 11.5. The van der Waals surface area contributed by atoms with Crippen LogP contribution in [0.4, 0.5) is 0 Å². The molecule has 3 N–H and O–H groups in total. The molecule has 5 heteroatoms. The summed E-state index contributed by atoms with van der Waals surface area (Å²) in [6.07, 6.45) is 1.89. The van der Waals surface area contributed by atoms with E-state index in [2.05, 4.69) is 0 Å². The van der Waals surface area contributed by atoms with Crippen molar-refractivity contribution in [3.63, 3.8) is 0 Å². The summed E-state index contributed by atoms with van der Waals surface area (Å²) in [5.41, 5.74) is 4.76. The van der Waals surface area contributed by atoms with E-state index in [0.29, 0.717) is 13.0 Å². The van der Waals surface area contributed by atoms with Gasteiger partial charge in [0, 0.05) is 0 Å². The lowest BCUT2D eigenvalue weighted by Gasteiger charge is -2.21. The van der Waals surface area contributed by atoms with Crippen molar-refractivity contribution in [1.29, 1.82) is 0 Å². The fourth-order valence-corrected chi connectivity index (χ4v) is 1.43. The standard InChI is InChI=1S/C12H23NO4/c1-12(2,3)17-10(14)8-9(11(15)16)6-4-5-7-13/h9H,4-8,13H2,1-3H3,(H,15,16)/t9-/m1/s1. The smallest absolute Gasteiger partial charge is 0.307 e. The summed E-state index contributed by atoms with van der Waals surface area (Å²) >= 11 is 0. The molecule has 1 atom stereocenters. The van der Waals surface area contributed by atoms with Crippen LogP contribution in [-0.2, 0) is 14.3 Å². The molecular weight excluding hydrogens is 222 g/mol. The van der Waals surface area contributed by atoms with E-state index in [-0.39, 0.29) is 6.42 Å². The highest BCUT2D eigenvalue weighted by atomic mass is 16.6. The minimum absolute atomic E-state index is 0.0722. The van der Waals surface area contributed by atoms with Gasteiger partial charge >= 0.3 is 11.9 Å². The molecule has 5 nitrogen and oxygen atoms in total. The van der Waals surface area contributed by atoms with E-state index in [9.17, 15) is 9.59 Å². The number of rotatable bonds is 7. The molecule has 0 saturated carbocycles. The van der Waals surface area contributed by atoms with Gasteiger partial charge in [0.25, 0.3) is 0 Å². The van der Waals surface area contributed by atoms with E-state index in [1.165, 1.54) is 0 Å². The van der Waals surface area contributed by atoms with Crippen molar-refractivity contribution in [2.24, 2.45) is 11.7 Å². The van der Waals surface area contributed by atoms with Gasteiger partial charge in [0.05, 0.1) is 12.3 Å². The number of hydrogen-bond donors (Lipinski definition) is 2. The molecule has 100 valence electrons. The first kappa shape index (κ1) is 15.9. The van der Waals surface area contributed by atoms with Crippen LogP contribution in [0.2, 0.25) is 0 Å². The maximum atomic E-state index is 11.5. The van der Waals surface area contributed by atoms with Crippen molar-refractivity contribution in [1.82, 2.24) is 0 Å². The van der Waals surface area contributed by atoms with Crippen molar-refractivity contribution in [2.75, 3.05) is 6.54 Å². The number of carboxylic acids is 1. The van der Waals surface area contributed by atoms with Gasteiger partial charge in [-0.1, -0.05) is 6.42 Å². The molecule has 0 aliphatic carbocycles. The van der Waals surface area contributed by atoms with Gasteiger partial charge < -0.3 is 15.6 Å². The Balaban J connectivity index is 4.16. The molecule has 0 rings (SSSR count). The molecule has 0 heterocycles. The third-order valence-corrected chi connectivity index (χ3v) is 2.19. The number of aliphatic carboxylic acids is 1. The second-order valence-corrected chi connectivity index (χ2v) is 5.11.